The van der Waals surface area contributed by atoms with Gasteiger partial charge in [-0.25, -0.2) is 4.79 Å². The number of anilines is 1. The van der Waals surface area contributed by atoms with Crippen LogP contribution in [0.3, 0.4) is 0 Å². The summed E-state index contributed by atoms with van der Waals surface area (Å²) in [6.07, 6.45) is 6.11. The number of amides is 2. The van der Waals surface area contributed by atoms with Crippen LogP contribution in [0.5, 0.6) is 0 Å². The minimum Gasteiger partial charge on any atom is -0.445 e. The molecule has 3 aliphatic carbocycles. The molecule has 0 aliphatic heterocycles. The van der Waals surface area contributed by atoms with E-state index >= 15 is 0 Å². The van der Waals surface area contributed by atoms with Gasteiger partial charge in [-0.2, -0.15) is 0 Å². The van der Waals surface area contributed by atoms with Gasteiger partial charge < -0.3 is 15.4 Å². The second-order valence-corrected chi connectivity index (χ2v) is 9.57. The molecule has 0 saturated heterocycles. The van der Waals surface area contributed by atoms with Gasteiger partial charge in [0, 0.05) is 17.7 Å². The van der Waals surface area contributed by atoms with Crippen LogP contribution in [0.15, 0.2) is 48.5 Å². The highest BCUT2D eigenvalue weighted by atomic mass is 16.5. The molecule has 6 heteroatoms. The molecule has 0 radical (unpaired) electrons. The second kappa shape index (κ2) is 9.38. The zero-order valence-corrected chi connectivity index (χ0v) is 18.7. The van der Waals surface area contributed by atoms with Crippen LogP contribution in [0.1, 0.15) is 60.0 Å². The van der Waals surface area contributed by atoms with Crippen LogP contribution >= 0.6 is 0 Å². The first-order chi connectivity index (χ1) is 16.1. The Labute approximate surface area is 194 Å². The smallest absolute Gasteiger partial charge is 0.408 e. The fourth-order valence-electron chi connectivity index (χ4n) is 5.06. The average molecular weight is 447 g/mol. The molecule has 0 aromatic heterocycles. The van der Waals surface area contributed by atoms with E-state index in [0.29, 0.717) is 23.9 Å². The summed E-state index contributed by atoms with van der Waals surface area (Å²) in [5.74, 6) is 1.04. The summed E-state index contributed by atoms with van der Waals surface area (Å²) >= 11 is 0. The largest absolute Gasteiger partial charge is 0.445 e. The third kappa shape index (κ3) is 5.27. The molecule has 0 heterocycles. The lowest BCUT2D eigenvalue weighted by Gasteiger charge is -2.27. The van der Waals surface area contributed by atoms with Crippen LogP contribution in [-0.4, -0.2) is 23.8 Å². The number of ether oxygens (including phenoxy) is 1. The van der Waals surface area contributed by atoms with Crippen molar-refractivity contribution in [1.82, 2.24) is 5.32 Å². The molecule has 2 aromatic rings. The lowest BCUT2D eigenvalue weighted by atomic mass is 9.88. The van der Waals surface area contributed by atoms with Gasteiger partial charge in [0.25, 0.3) is 0 Å². The van der Waals surface area contributed by atoms with Crippen molar-refractivity contribution in [1.29, 1.82) is 0 Å². The molecule has 1 atom stereocenters. The maximum Gasteiger partial charge on any atom is 0.408 e. The normalized spacial score (nSPS) is 18.4. The highest BCUT2D eigenvalue weighted by Gasteiger charge is 2.48. The number of Topliss-reactive ketones (excluding diaryl/α,β-unsaturated/α-hetero) is 1. The van der Waals surface area contributed by atoms with Crippen LogP contribution in [0.25, 0.3) is 0 Å². The third-order valence-electron chi connectivity index (χ3n) is 7.01. The molecule has 2 aromatic carbocycles. The van der Waals surface area contributed by atoms with Crippen LogP contribution < -0.4 is 10.6 Å². The number of nitrogens with one attached hydrogen (secondary N) is 2. The van der Waals surface area contributed by atoms with Crippen molar-refractivity contribution in [2.24, 2.45) is 17.8 Å². The molecule has 5 rings (SSSR count). The molecule has 0 unspecified atom stereocenters. The predicted octanol–water partition coefficient (Wildman–Crippen LogP) is 4.88. The molecule has 2 saturated carbocycles. The number of rotatable bonds is 8. The summed E-state index contributed by atoms with van der Waals surface area (Å²) in [5, 5.41) is 5.90. The molecule has 2 N–H and O–H groups in total. The summed E-state index contributed by atoms with van der Waals surface area (Å²) in [6.45, 7) is 0.164. The fourth-order valence-corrected chi connectivity index (χ4v) is 5.06. The van der Waals surface area contributed by atoms with Crippen LogP contribution in [0, 0.1) is 17.8 Å². The first-order valence-corrected chi connectivity index (χ1v) is 12.0. The van der Waals surface area contributed by atoms with Gasteiger partial charge in [0.15, 0.2) is 5.78 Å². The van der Waals surface area contributed by atoms with Gasteiger partial charge in [-0.05, 0) is 85.6 Å². The number of carbonyl (C=O) groups excluding carboxylic acids is 3. The lowest BCUT2D eigenvalue weighted by Crippen LogP contribution is -2.50. The van der Waals surface area contributed by atoms with E-state index in [9.17, 15) is 14.4 Å². The average Bonchev–Trinajstić information content (AvgIpc) is 3.73. The van der Waals surface area contributed by atoms with Crippen molar-refractivity contribution in [2.75, 3.05) is 5.32 Å². The second-order valence-electron chi connectivity index (χ2n) is 9.57. The quantitative estimate of drug-likeness (QED) is 0.606. The van der Waals surface area contributed by atoms with Crippen LogP contribution in [0.4, 0.5) is 10.5 Å². The summed E-state index contributed by atoms with van der Waals surface area (Å²) in [4.78, 5) is 38.2. The first-order valence-electron chi connectivity index (χ1n) is 12.0. The Balaban J connectivity index is 1.29. The van der Waals surface area contributed by atoms with Crippen molar-refractivity contribution in [3.63, 3.8) is 0 Å². The lowest BCUT2D eigenvalue weighted by molar-refractivity contribution is -0.119. The van der Waals surface area contributed by atoms with E-state index in [1.807, 2.05) is 42.5 Å². The predicted molar refractivity (Wildman–Crippen MR) is 125 cm³/mol. The monoisotopic (exact) mass is 446 g/mol. The number of hydrogen-bond donors (Lipinski definition) is 2. The number of fused-ring (bicyclic) bond motifs is 1. The Hall–Kier alpha value is -3.15. The van der Waals surface area contributed by atoms with E-state index < -0.39 is 12.1 Å². The van der Waals surface area contributed by atoms with E-state index in [-0.39, 0.29) is 24.2 Å². The number of aryl methyl sites for hydroxylation is 1. The number of ketones is 1. The molecule has 172 valence electrons. The van der Waals surface area contributed by atoms with E-state index in [1.165, 1.54) is 0 Å². The van der Waals surface area contributed by atoms with Crippen molar-refractivity contribution in [3.05, 3.63) is 65.2 Å². The number of hydrogen-bond acceptors (Lipinski definition) is 4. The minimum absolute atomic E-state index is 0.133. The maximum atomic E-state index is 13.4. The van der Waals surface area contributed by atoms with Gasteiger partial charge >= 0.3 is 6.09 Å². The molecule has 33 heavy (non-hydrogen) atoms. The Morgan fingerprint density at radius 1 is 0.970 bits per heavy atom. The molecule has 0 bridgehead atoms. The van der Waals surface area contributed by atoms with Gasteiger partial charge in [-0.3, -0.25) is 9.59 Å². The van der Waals surface area contributed by atoms with E-state index in [0.717, 1.165) is 55.2 Å². The van der Waals surface area contributed by atoms with Gasteiger partial charge in [-0.1, -0.05) is 30.3 Å². The first kappa shape index (κ1) is 21.7. The zero-order chi connectivity index (χ0) is 22.8. The van der Waals surface area contributed by atoms with Crippen molar-refractivity contribution in [2.45, 2.75) is 57.6 Å². The maximum absolute atomic E-state index is 13.4. The van der Waals surface area contributed by atoms with E-state index in [1.54, 1.807) is 6.07 Å². The van der Waals surface area contributed by atoms with E-state index in [2.05, 4.69) is 10.6 Å². The van der Waals surface area contributed by atoms with Gasteiger partial charge in [0.05, 0.1) is 0 Å². The summed E-state index contributed by atoms with van der Waals surface area (Å²) in [5.41, 5.74) is 3.31. The van der Waals surface area contributed by atoms with Gasteiger partial charge in [0.1, 0.15) is 12.6 Å². The Kier molecular flexibility index (Phi) is 6.16. The molecule has 2 amide bonds. The topological polar surface area (TPSA) is 84.5 Å². The Bertz CT molecular complexity index is 1030. The number of carbonyl (C=O) groups is 3. The Morgan fingerprint density at radius 3 is 2.39 bits per heavy atom. The van der Waals surface area contributed by atoms with Gasteiger partial charge in [-0.15, -0.1) is 0 Å². The van der Waals surface area contributed by atoms with Gasteiger partial charge in [0.2, 0.25) is 5.91 Å². The SMILES string of the molecule is O=C(N[C@H](C(=O)Nc1ccc2c(c1)CCCC2=O)C(C1CC1)C1CC1)OCc1ccccc1. The van der Waals surface area contributed by atoms with Crippen LogP contribution in [-0.2, 0) is 22.6 Å². The number of alkyl carbamates (subject to hydrolysis) is 1. The van der Waals surface area contributed by atoms with Crippen molar-refractivity contribution < 1.29 is 19.1 Å². The molecule has 6 nitrogen and oxygen atoms in total. The fraction of sp³-hybridized carbons (Fsp3) is 0.444. The third-order valence-corrected chi connectivity index (χ3v) is 7.01. The molecule has 2 fully saturated rings. The Morgan fingerprint density at radius 2 is 1.70 bits per heavy atom. The summed E-state index contributed by atoms with van der Waals surface area (Å²) in [6, 6.07) is 14.4. The number of benzene rings is 2. The highest BCUT2D eigenvalue weighted by Crippen LogP contribution is 2.50. The highest BCUT2D eigenvalue weighted by molar-refractivity contribution is 6.00. The van der Waals surface area contributed by atoms with Crippen molar-refractivity contribution in [3.8, 4) is 0 Å². The molecule has 0 spiro atoms. The molecular formula is C27H30N2O4. The summed E-state index contributed by atoms with van der Waals surface area (Å²) < 4.78 is 5.43. The van der Waals surface area contributed by atoms with Crippen LogP contribution in [0.2, 0.25) is 0 Å². The van der Waals surface area contributed by atoms with Crippen molar-refractivity contribution >= 4 is 23.5 Å². The van der Waals surface area contributed by atoms with E-state index in [4.69, 9.17) is 4.74 Å². The summed E-state index contributed by atoms with van der Waals surface area (Å²) in [7, 11) is 0. The molecular weight excluding hydrogens is 416 g/mol. The standard InChI is InChI=1S/C27H30N2O4/c30-23-8-4-7-20-15-21(13-14-22(20)23)28-26(31)25(24(18-9-10-18)19-11-12-19)29-27(32)33-16-17-5-2-1-3-6-17/h1-3,5-6,13-15,18-19,24-25H,4,7-12,16H2,(H,28,31)(H,29,32)/t25-/m0/s1. The zero-order valence-electron chi connectivity index (χ0n) is 18.7. The molecule has 3 aliphatic rings. The minimum atomic E-state index is -0.633.